The molecule has 110 valence electrons. The molecular weight excluding hydrogens is 254 g/mol. The maximum Gasteiger partial charge on any atom is 0.242 e. The van der Waals surface area contributed by atoms with Crippen molar-refractivity contribution in [2.45, 2.75) is 33.2 Å². The Kier molecular flexibility index (Phi) is 4.54. The number of aromatic nitrogens is 2. The van der Waals surface area contributed by atoms with Crippen molar-refractivity contribution in [2.24, 2.45) is 5.73 Å². The van der Waals surface area contributed by atoms with Gasteiger partial charge in [0.1, 0.15) is 0 Å². The second-order valence-corrected chi connectivity index (χ2v) is 5.36. The summed E-state index contributed by atoms with van der Waals surface area (Å²) < 4.78 is 0. The van der Waals surface area contributed by atoms with E-state index in [2.05, 4.69) is 10.2 Å². The summed E-state index contributed by atoms with van der Waals surface area (Å²) >= 11 is 0. The number of hydrogen-bond donors (Lipinski definition) is 1. The molecule has 6 nitrogen and oxygen atoms in total. The van der Waals surface area contributed by atoms with E-state index < -0.39 is 0 Å². The largest absolute Gasteiger partial charge is 0.349 e. The molecular formula is C14H23N5O. The highest BCUT2D eigenvalue weighted by atomic mass is 16.2. The molecule has 0 radical (unpaired) electrons. The highest BCUT2D eigenvalue weighted by Gasteiger charge is 2.21. The predicted octanol–water partition coefficient (Wildman–Crippen LogP) is 0.611. The zero-order valence-corrected chi connectivity index (χ0v) is 12.5. The lowest BCUT2D eigenvalue weighted by molar-refractivity contribution is -0.128. The number of likely N-dealkylation sites (tertiary alicyclic amines) is 1. The Bertz CT molecular complexity index is 497. The first-order valence-electron chi connectivity index (χ1n) is 7.06. The summed E-state index contributed by atoms with van der Waals surface area (Å²) in [5.41, 5.74) is 8.72. The number of carbonyl (C=O) groups is 1. The van der Waals surface area contributed by atoms with Crippen LogP contribution >= 0.6 is 0 Å². The normalized spacial score (nSPS) is 14.7. The van der Waals surface area contributed by atoms with Crippen LogP contribution in [0.15, 0.2) is 0 Å². The first-order valence-corrected chi connectivity index (χ1v) is 7.06. The van der Waals surface area contributed by atoms with Crippen LogP contribution in [0.1, 0.15) is 29.7 Å². The minimum atomic E-state index is 0.146. The first-order chi connectivity index (χ1) is 9.54. The Hall–Kier alpha value is -1.69. The summed E-state index contributed by atoms with van der Waals surface area (Å²) in [5, 5.41) is 8.36. The number of hydrogen-bond acceptors (Lipinski definition) is 5. The monoisotopic (exact) mass is 277 g/mol. The molecule has 1 fully saturated rings. The lowest BCUT2D eigenvalue weighted by Gasteiger charge is -2.24. The van der Waals surface area contributed by atoms with Gasteiger partial charge in [-0.1, -0.05) is 0 Å². The van der Waals surface area contributed by atoms with Gasteiger partial charge in [0.05, 0.1) is 12.2 Å². The van der Waals surface area contributed by atoms with E-state index >= 15 is 0 Å². The van der Waals surface area contributed by atoms with E-state index in [0.717, 1.165) is 42.8 Å². The molecule has 0 saturated carbocycles. The first kappa shape index (κ1) is 14.7. The van der Waals surface area contributed by atoms with Gasteiger partial charge in [0, 0.05) is 32.2 Å². The third kappa shape index (κ3) is 2.90. The number of anilines is 1. The van der Waals surface area contributed by atoms with Gasteiger partial charge in [-0.2, -0.15) is 5.10 Å². The van der Waals surface area contributed by atoms with Crippen LogP contribution in [0.3, 0.4) is 0 Å². The molecule has 1 aromatic heterocycles. The Balaban J connectivity index is 2.14. The number of nitrogens with zero attached hydrogens (tertiary/aromatic N) is 4. The number of amides is 1. The summed E-state index contributed by atoms with van der Waals surface area (Å²) in [6.45, 7) is 6.38. The third-order valence-corrected chi connectivity index (χ3v) is 3.96. The summed E-state index contributed by atoms with van der Waals surface area (Å²) in [7, 11) is 1.87. The molecule has 0 spiro atoms. The molecule has 0 aliphatic carbocycles. The van der Waals surface area contributed by atoms with Gasteiger partial charge in [0.25, 0.3) is 0 Å². The van der Waals surface area contributed by atoms with Crippen molar-refractivity contribution in [3.05, 3.63) is 16.8 Å². The fourth-order valence-electron chi connectivity index (χ4n) is 2.54. The molecule has 0 aromatic carbocycles. The average molecular weight is 277 g/mol. The van der Waals surface area contributed by atoms with E-state index in [1.807, 2.05) is 30.7 Å². The van der Waals surface area contributed by atoms with E-state index in [4.69, 9.17) is 5.73 Å². The van der Waals surface area contributed by atoms with Crippen molar-refractivity contribution >= 4 is 11.7 Å². The van der Waals surface area contributed by atoms with Crippen LogP contribution in [0.5, 0.6) is 0 Å². The minimum absolute atomic E-state index is 0.146. The van der Waals surface area contributed by atoms with E-state index in [-0.39, 0.29) is 5.91 Å². The van der Waals surface area contributed by atoms with Crippen molar-refractivity contribution in [3.8, 4) is 0 Å². The van der Waals surface area contributed by atoms with Gasteiger partial charge in [-0.15, -0.1) is 5.10 Å². The molecule has 2 rings (SSSR count). The molecule has 1 aromatic rings. The van der Waals surface area contributed by atoms with Crippen molar-refractivity contribution < 1.29 is 4.79 Å². The molecule has 20 heavy (non-hydrogen) atoms. The number of rotatable bonds is 4. The van der Waals surface area contributed by atoms with E-state index in [1.165, 1.54) is 0 Å². The predicted molar refractivity (Wildman–Crippen MR) is 78.5 cm³/mol. The van der Waals surface area contributed by atoms with Crippen molar-refractivity contribution in [1.29, 1.82) is 0 Å². The average Bonchev–Trinajstić information content (AvgIpc) is 2.95. The molecule has 0 bridgehead atoms. The number of nitrogens with two attached hydrogens (primary N) is 1. The molecule has 1 saturated heterocycles. The van der Waals surface area contributed by atoms with Gasteiger partial charge in [-0.05, 0) is 32.3 Å². The van der Waals surface area contributed by atoms with Crippen molar-refractivity contribution in [1.82, 2.24) is 15.1 Å². The quantitative estimate of drug-likeness (QED) is 0.872. The molecule has 2 N–H and O–H groups in total. The molecule has 2 heterocycles. The molecule has 0 unspecified atom stereocenters. The fourth-order valence-corrected chi connectivity index (χ4v) is 2.54. The van der Waals surface area contributed by atoms with Gasteiger partial charge >= 0.3 is 0 Å². The van der Waals surface area contributed by atoms with Crippen LogP contribution in [-0.2, 0) is 11.3 Å². The van der Waals surface area contributed by atoms with Gasteiger partial charge < -0.3 is 15.5 Å². The Morgan fingerprint density at radius 1 is 1.30 bits per heavy atom. The lowest BCUT2D eigenvalue weighted by atomic mass is 10.1. The lowest BCUT2D eigenvalue weighted by Crippen LogP contribution is -2.38. The van der Waals surface area contributed by atoms with Crippen LogP contribution < -0.4 is 10.6 Å². The molecule has 1 aliphatic rings. The fraction of sp³-hybridized carbons (Fsp3) is 0.643. The SMILES string of the molecule is Cc1nnc(N(C)CC(=O)N2CCCC2)c(CN)c1C. The van der Waals surface area contributed by atoms with Crippen LogP contribution in [-0.4, -0.2) is 47.7 Å². The summed E-state index contributed by atoms with van der Waals surface area (Å²) in [4.78, 5) is 15.9. The van der Waals surface area contributed by atoms with E-state index in [0.29, 0.717) is 18.9 Å². The Morgan fingerprint density at radius 3 is 2.55 bits per heavy atom. The molecule has 1 aliphatic heterocycles. The van der Waals surface area contributed by atoms with Gasteiger partial charge in [0.2, 0.25) is 5.91 Å². The molecule has 0 atom stereocenters. The highest BCUT2D eigenvalue weighted by molar-refractivity contribution is 5.81. The van der Waals surface area contributed by atoms with Gasteiger partial charge in [-0.25, -0.2) is 0 Å². The van der Waals surface area contributed by atoms with Crippen LogP contribution in [0.4, 0.5) is 5.82 Å². The second kappa shape index (κ2) is 6.17. The number of likely N-dealkylation sites (N-methyl/N-ethyl adjacent to an activating group) is 1. The Morgan fingerprint density at radius 2 is 1.95 bits per heavy atom. The smallest absolute Gasteiger partial charge is 0.242 e. The van der Waals surface area contributed by atoms with E-state index in [1.54, 1.807) is 0 Å². The Labute approximate surface area is 120 Å². The number of carbonyl (C=O) groups excluding carboxylic acids is 1. The van der Waals surface area contributed by atoms with Crippen LogP contribution in [0, 0.1) is 13.8 Å². The maximum atomic E-state index is 12.2. The standard InChI is InChI=1S/C14H23N5O/c1-10-11(2)16-17-14(12(10)8-15)18(3)9-13(20)19-6-4-5-7-19/h4-9,15H2,1-3H3. The zero-order valence-electron chi connectivity index (χ0n) is 12.5. The van der Waals surface area contributed by atoms with Gasteiger partial charge in [0.15, 0.2) is 5.82 Å². The van der Waals surface area contributed by atoms with Crippen LogP contribution in [0.25, 0.3) is 0 Å². The topological polar surface area (TPSA) is 75.4 Å². The summed E-state index contributed by atoms with van der Waals surface area (Å²) in [5.74, 6) is 0.858. The molecule has 1 amide bonds. The van der Waals surface area contributed by atoms with Crippen molar-refractivity contribution in [2.75, 3.05) is 31.6 Å². The van der Waals surface area contributed by atoms with Gasteiger partial charge in [-0.3, -0.25) is 4.79 Å². The third-order valence-electron chi connectivity index (χ3n) is 3.96. The summed E-state index contributed by atoms with van der Waals surface area (Å²) in [6, 6.07) is 0. The maximum absolute atomic E-state index is 12.2. The zero-order chi connectivity index (χ0) is 14.7. The van der Waals surface area contributed by atoms with E-state index in [9.17, 15) is 4.79 Å². The minimum Gasteiger partial charge on any atom is -0.349 e. The second-order valence-electron chi connectivity index (χ2n) is 5.36. The van der Waals surface area contributed by atoms with Crippen LogP contribution in [0.2, 0.25) is 0 Å². The van der Waals surface area contributed by atoms with Crippen molar-refractivity contribution in [3.63, 3.8) is 0 Å². The molecule has 6 heteroatoms. The summed E-state index contributed by atoms with van der Waals surface area (Å²) in [6.07, 6.45) is 2.21. The highest BCUT2D eigenvalue weighted by Crippen LogP contribution is 2.21. The number of aryl methyl sites for hydroxylation is 1.